The second-order valence-corrected chi connectivity index (χ2v) is 9.92. The normalized spacial score (nSPS) is 28.4. The first-order valence-corrected chi connectivity index (χ1v) is 11.7. The molecule has 3 aromatic rings. The Morgan fingerprint density at radius 3 is 1.76 bits per heavy atom. The summed E-state index contributed by atoms with van der Waals surface area (Å²) < 4.78 is 22.8. The van der Waals surface area contributed by atoms with Crippen molar-refractivity contribution in [2.45, 2.75) is 24.1 Å². The van der Waals surface area contributed by atoms with Gasteiger partial charge in [-0.25, -0.2) is 0 Å². The van der Waals surface area contributed by atoms with Crippen LogP contribution in [-0.2, 0) is 25.6 Å². The van der Waals surface area contributed by atoms with Gasteiger partial charge in [0.2, 0.25) is 5.79 Å². The number of fused-ring (bicyclic) bond motifs is 1. The Morgan fingerprint density at radius 1 is 0.655 bits per heavy atom. The maximum Gasteiger partial charge on any atom is 0.232 e. The van der Waals surface area contributed by atoms with Crippen LogP contribution in [0.25, 0.3) is 0 Å². The molecule has 3 atom stereocenters. The fourth-order valence-corrected chi connectivity index (χ4v) is 4.97. The molecule has 5 rings (SSSR count). The summed E-state index contributed by atoms with van der Waals surface area (Å²) in [6, 6.07) is 24.3. The predicted molar refractivity (Wildman–Crippen MR) is 121 cm³/mol. The maximum atomic E-state index is 6.72. The second kappa shape index (κ2) is 7.59. The van der Waals surface area contributed by atoms with Crippen molar-refractivity contribution < 1.29 is 14.2 Å². The van der Waals surface area contributed by atoms with Gasteiger partial charge in [-0.1, -0.05) is 84.2 Å². The van der Waals surface area contributed by atoms with Crippen molar-refractivity contribution in [3.05, 3.63) is 103 Å². The van der Waals surface area contributed by atoms with Gasteiger partial charge in [0, 0.05) is 31.0 Å². The molecule has 29 heavy (non-hydrogen) atoms. The molecular formula is C23H17Br3O3. The molecule has 2 aliphatic heterocycles. The van der Waals surface area contributed by atoms with Gasteiger partial charge in [0.1, 0.15) is 0 Å². The highest BCUT2D eigenvalue weighted by Gasteiger charge is 2.67. The summed E-state index contributed by atoms with van der Waals surface area (Å²) in [5.74, 6) is -1.01. The van der Waals surface area contributed by atoms with E-state index in [1.165, 1.54) is 0 Å². The van der Waals surface area contributed by atoms with Gasteiger partial charge in [-0.3, -0.25) is 0 Å². The second-order valence-electron chi connectivity index (χ2n) is 7.18. The van der Waals surface area contributed by atoms with Gasteiger partial charge in [-0.15, -0.1) is 0 Å². The molecule has 2 heterocycles. The van der Waals surface area contributed by atoms with E-state index in [9.17, 15) is 0 Å². The summed E-state index contributed by atoms with van der Waals surface area (Å²) in [6.45, 7) is 0.555. The van der Waals surface area contributed by atoms with Crippen molar-refractivity contribution in [3.8, 4) is 0 Å². The average Bonchev–Trinajstić information content (AvgIpc) is 3.24. The molecule has 2 fully saturated rings. The highest BCUT2D eigenvalue weighted by Crippen LogP contribution is 2.62. The fourth-order valence-electron chi connectivity index (χ4n) is 4.17. The van der Waals surface area contributed by atoms with Crippen molar-refractivity contribution in [1.29, 1.82) is 0 Å². The first kappa shape index (κ1) is 19.9. The third-order valence-electron chi connectivity index (χ3n) is 5.55. The van der Waals surface area contributed by atoms with Gasteiger partial charge in [-0.2, -0.15) is 0 Å². The van der Waals surface area contributed by atoms with Crippen LogP contribution in [0.1, 0.15) is 29.4 Å². The minimum Gasteiger partial charge on any atom is -0.343 e. The SMILES string of the molecule is Brc1ccc([C@H]2O[C@]3(c4ccc(Br)cc4)OCC[C@]3(c3ccc(Br)cc3)O2)cc1. The van der Waals surface area contributed by atoms with Crippen LogP contribution in [-0.4, -0.2) is 6.61 Å². The van der Waals surface area contributed by atoms with Gasteiger partial charge in [0.15, 0.2) is 11.9 Å². The standard InChI is InChI=1S/C23H17Br3O3/c24-18-7-1-15(2-8-18)21-28-22(16-3-9-19(25)10-4-16)13-14-27-23(22,29-21)17-5-11-20(26)12-6-17/h1-12,21H,13-14H2/t21-,22-,23+/m1/s1. The molecular weight excluding hydrogens is 564 g/mol. The van der Waals surface area contributed by atoms with Crippen molar-refractivity contribution in [2.75, 3.05) is 6.61 Å². The zero-order valence-corrected chi connectivity index (χ0v) is 20.0. The lowest BCUT2D eigenvalue weighted by Gasteiger charge is -2.36. The largest absolute Gasteiger partial charge is 0.343 e. The van der Waals surface area contributed by atoms with E-state index in [1.807, 2.05) is 60.7 Å². The quantitative estimate of drug-likeness (QED) is 0.328. The highest BCUT2D eigenvalue weighted by molar-refractivity contribution is 9.11. The van der Waals surface area contributed by atoms with Gasteiger partial charge < -0.3 is 14.2 Å². The van der Waals surface area contributed by atoms with E-state index in [2.05, 4.69) is 59.9 Å². The predicted octanol–water partition coefficient (Wildman–Crippen LogP) is 7.19. The van der Waals surface area contributed by atoms with Crippen molar-refractivity contribution in [2.24, 2.45) is 0 Å². The molecule has 0 radical (unpaired) electrons. The van der Waals surface area contributed by atoms with Crippen molar-refractivity contribution >= 4 is 47.8 Å². The summed E-state index contributed by atoms with van der Waals surface area (Å²) in [4.78, 5) is 0. The van der Waals surface area contributed by atoms with E-state index in [0.717, 1.165) is 30.1 Å². The Hall–Kier alpha value is -1.02. The zero-order valence-electron chi connectivity index (χ0n) is 15.3. The Kier molecular flexibility index (Phi) is 5.21. The molecule has 0 bridgehead atoms. The van der Waals surface area contributed by atoms with Crippen LogP contribution in [0.2, 0.25) is 0 Å². The first-order valence-electron chi connectivity index (χ1n) is 9.30. The molecule has 6 heteroatoms. The fraction of sp³-hybridized carbons (Fsp3) is 0.217. The van der Waals surface area contributed by atoms with E-state index >= 15 is 0 Å². The lowest BCUT2D eigenvalue weighted by atomic mass is 9.81. The minimum atomic E-state index is -1.01. The van der Waals surface area contributed by atoms with Crippen LogP contribution in [0.15, 0.2) is 86.2 Å². The molecule has 148 valence electrons. The van der Waals surface area contributed by atoms with Crippen LogP contribution in [0, 0.1) is 0 Å². The molecule has 0 N–H and O–H groups in total. The summed E-state index contributed by atoms with van der Waals surface area (Å²) >= 11 is 10.6. The van der Waals surface area contributed by atoms with E-state index in [1.54, 1.807) is 0 Å². The van der Waals surface area contributed by atoms with Crippen molar-refractivity contribution in [3.63, 3.8) is 0 Å². The smallest absolute Gasteiger partial charge is 0.232 e. The molecule has 0 spiro atoms. The van der Waals surface area contributed by atoms with Gasteiger partial charge in [0.05, 0.1) is 6.61 Å². The number of ether oxygens (including phenoxy) is 3. The number of benzene rings is 3. The number of halogens is 3. The zero-order chi connectivity index (χ0) is 20.1. The van der Waals surface area contributed by atoms with Crippen LogP contribution in [0.4, 0.5) is 0 Å². The first-order chi connectivity index (χ1) is 14.0. The molecule has 0 aliphatic carbocycles. The minimum absolute atomic E-state index is 0.532. The average molecular weight is 581 g/mol. The molecule has 0 aromatic heterocycles. The van der Waals surface area contributed by atoms with Gasteiger partial charge >= 0.3 is 0 Å². The summed E-state index contributed by atoms with van der Waals surface area (Å²) in [5, 5.41) is 0. The van der Waals surface area contributed by atoms with Crippen LogP contribution >= 0.6 is 47.8 Å². The lowest BCUT2D eigenvalue weighted by molar-refractivity contribution is -0.231. The summed E-state index contributed by atoms with van der Waals surface area (Å²) in [7, 11) is 0. The van der Waals surface area contributed by atoms with E-state index < -0.39 is 17.7 Å². The topological polar surface area (TPSA) is 27.7 Å². The van der Waals surface area contributed by atoms with E-state index in [-0.39, 0.29) is 0 Å². The highest BCUT2D eigenvalue weighted by atomic mass is 79.9. The Morgan fingerprint density at radius 2 is 1.17 bits per heavy atom. The Labute approximate surface area is 194 Å². The van der Waals surface area contributed by atoms with Crippen LogP contribution in [0.5, 0.6) is 0 Å². The third-order valence-corrected chi connectivity index (χ3v) is 7.14. The van der Waals surface area contributed by atoms with E-state index in [4.69, 9.17) is 14.2 Å². The summed E-state index contributed by atoms with van der Waals surface area (Å²) in [5.41, 5.74) is 2.21. The van der Waals surface area contributed by atoms with E-state index in [0.29, 0.717) is 13.0 Å². The van der Waals surface area contributed by atoms with Crippen LogP contribution < -0.4 is 0 Å². The molecule has 2 saturated heterocycles. The molecule has 0 amide bonds. The number of hydrogen-bond acceptors (Lipinski definition) is 3. The number of rotatable bonds is 3. The lowest BCUT2D eigenvalue weighted by Crippen LogP contribution is -2.43. The molecule has 3 nitrogen and oxygen atoms in total. The molecule has 2 aliphatic rings. The number of hydrogen-bond donors (Lipinski definition) is 0. The molecule has 3 aromatic carbocycles. The van der Waals surface area contributed by atoms with Crippen molar-refractivity contribution in [1.82, 2.24) is 0 Å². The third kappa shape index (κ3) is 3.25. The monoisotopic (exact) mass is 578 g/mol. The summed E-state index contributed by atoms with van der Waals surface area (Å²) in [6.07, 6.45) is 0.174. The Bertz CT molecular complexity index is 959. The van der Waals surface area contributed by atoms with Gasteiger partial charge in [0.25, 0.3) is 0 Å². The van der Waals surface area contributed by atoms with Crippen LogP contribution in [0.3, 0.4) is 0 Å². The molecule has 0 unspecified atom stereocenters. The Balaban J connectivity index is 1.66. The maximum absolute atomic E-state index is 6.72. The van der Waals surface area contributed by atoms with Gasteiger partial charge in [-0.05, 0) is 42.0 Å². The molecule has 0 saturated carbocycles.